The molecule has 1 aromatic carbocycles. The Morgan fingerprint density at radius 2 is 2.11 bits per heavy atom. The van der Waals surface area contributed by atoms with Gasteiger partial charge in [0.15, 0.2) is 0 Å². The number of benzene rings is 1. The Balaban J connectivity index is 2.27. The third-order valence-electron chi connectivity index (χ3n) is 3.18. The van der Waals surface area contributed by atoms with Crippen LogP contribution in [0.4, 0.5) is 0 Å². The molecule has 1 aliphatic rings. The topological polar surface area (TPSA) is 15.7 Å². The number of nitrogens with zero attached hydrogens (tertiary/aromatic N) is 2. The number of ether oxygens (including phenoxy) is 1. The third kappa shape index (κ3) is 2.48. The van der Waals surface area contributed by atoms with E-state index in [2.05, 4.69) is 43.3 Å². The Hall–Kier alpha value is -1.55. The molecule has 1 aliphatic heterocycles. The van der Waals surface area contributed by atoms with E-state index >= 15 is 0 Å². The van der Waals surface area contributed by atoms with Crippen LogP contribution in [0.3, 0.4) is 0 Å². The van der Waals surface area contributed by atoms with Gasteiger partial charge in [-0.1, -0.05) is 6.07 Å². The second-order valence-corrected chi connectivity index (χ2v) is 5.06. The number of hydrogen-bond donors (Lipinski definition) is 0. The summed E-state index contributed by atoms with van der Waals surface area (Å²) >= 11 is 5.15. The fourth-order valence-corrected chi connectivity index (χ4v) is 1.96. The molecule has 4 heteroatoms. The van der Waals surface area contributed by atoms with E-state index in [0.29, 0.717) is 11.2 Å². The lowest BCUT2D eigenvalue weighted by molar-refractivity contribution is 0.356. The minimum Gasteiger partial charge on any atom is -0.432 e. The van der Waals surface area contributed by atoms with Crippen molar-refractivity contribution < 1.29 is 4.74 Å². The van der Waals surface area contributed by atoms with E-state index in [-0.39, 0.29) is 0 Å². The number of fused-ring (bicyclic) bond motifs is 1. The van der Waals surface area contributed by atoms with Gasteiger partial charge in [-0.05, 0) is 54.7 Å². The highest BCUT2D eigenvalue weighted by Gasteiger charge is 2.17. The van der Waals surface area contributed by atoms with Crippen molar-refractivity contribution in [3.63, 3.8) is 0 Å². The van der Waals surface area contributed by atoms with Gasteiger partial charge in [-0.2, -0.15) is 0 Å². The van der Waals surface area contributed by atoms with E-state index in [1.54, 1.807) is 4.90 Å². The molecule has 96 valence electrons. The quantitative estimate of drug-likeness (QED) is 0.723. The smallest absolute Gasteiger partial charge is 0.264 e. The summed E-state index contributed by atoms with van der Waals surface area (Å²) in [6.45, 7) is 2.18. The van der Waals surface area contributed by atoms with Crippen LogP contribution in [0, 0.1) is 0 Å². The van der Waals surface area contributed by atoms with Gasteiger partial charge in [-0.3, -0.25) is 0 Å². The lowest BCUT2D eigenvalue weighted by Gasteiger charge is -2.29. The van der Waals surface area contributed by atoms with Gasteiger partial charge in [0.05, 0.1) is 6.04 Å². The Kier molecular flexibility index (Phi) is 3.57. The monoisotopic (exact) mass is 262 g/mol. The number of hydrogen-bond acceptors (Lipinski definition) is 3. The zero-order valence-electron chi connectivity index (χ0n) is 11.2. The van der Waals surface area contributed by atoms with Crippen molar-refractivity contribution in [2.75, 3.05) is 21.1 Å². The van der Waals surface area contributed by atoms with Gasteiger partial charge in [0.2, 0.25) is 0 Å². The van der Waals surface area contributed by atoms with Crippen LogP contribution in [0.5, 0.6) is 5.75 Å². The average molecular weight is 262 g/mol. The van der Waals surface area contributed by atoms with E-state index in [1.807, 2.05) is 20.2 Å². The molecule has 0 fully saturated rings. The molecule has 18 heavy (non-hydrogen) atoms. The first-order valence-corrected chi connectivity index (χ1v) is 6.33. The normalized spacial score (nSPS) is 17.3. The Morgan fingerprint density at radius 1 is 1.39 bits per heavy atom. The fourth-order valence-electron chi connectivity index (χ4n) is 1.87. The Morgan fingerprint density at radius 3 is 2.78 bits per heavy atom. The molecule has 2 rings (SSSR count). The molecule has 3 nitrogen and oxygen atoms in total. The van der Waals surface area contributed by atoms with Gasteiger partial charge in [0.1, 0.15) is 5.75 Å². The lowest BCUT2D eigenvalue weighted by Crippen LogP contribution is -2.25. The van der Waals surface area contributed by atoms with Crippen LogP contribution in [0.25, 0.3) is 6.08 Å². The summed E-state index contributed by atoms with van der Waals surface area (Å²) in [5.41, 5.74) is 2.50. The lowest BCUT2D eigenvalue weighted by atomic mass is 9.97. The first-order valence-electron chi connectivity index (χ1n) is 5.92. The molecule has 0 aliphatic carbocycles. The molecule has 0 bridgehead atoms. The molecule has 0 radical (unpaired) electrons. The van der Waals surface area contributed by atoms with Crippen molar-refractivity contribution in [2.45, 2.75) is 13.0 Å². The molecule has 1 atom stereocenters. The third-order valence-corrected chi connectivity index (χ3v) is 3.63. The number of thiocarbonyl (C=S) groups is 1. The first kappa shape index (κ1) is 12.9. The van der Waals surface area contributed by atoms with Gasteiger partial charge >= 0.3 is 0 Å². The molecule has 0 aromatic heterocycles. The second kappa shape index (κ2) is 4.98. The zero-order valence-corrected chi connectivity index (χ0v) is 12.0. The van der Waals surface area contributed by atoms with Crippen LogP contribution >= 0.6 is 12.2 Å². The summed E-state index contributed by atoms with van der Waals surface area (Å²) in [5.74, 6) is 0.794. The van der Waals surface area contributed by atoms with Gasteiger partial charge < -0.3 is 14.5 Å². The van der Waals surface area contributed by atoms with Crippen molar-refractivity contribution in [2.24, 2.45) is 0 Å². The highest BCUT2D eigenvalue weighted by atomic mass is 32.1. The van der Waals surface area contributed by atoms with Crippen LogP contribution in [0.15, 0.2) is 24.4 Å². The minimum atomic E-state index is 0.349. The molecule has 1 heterocycles. The molecular formula is C14H18N2OS. The van der Waals surface area contributed by atoms with Gasteiger partial charge in [-0.15, -0.1) is 0 Å². The molecule has 0 N–H and O–H groups in total. The Labute approximate surface area is 114 Å². The van der Waals surface area contributed by atoms with E-state index < -0.39 is 0 Å². The SMILES string of the molecule is CC1c2cc(OC(=S)N(C)C)ccc2C=CN1C. The van der Waals surface area contributed by atoms with Gasteiger partial charge in [-0.25, -0.2) is 0 Å². The maximum atomic E-state index is 5.64. The standard InChI is InChI=1S/C14H18N2OS/c1-10-13-9-12(17-14(18)15(2)3)6-5-11(13)7-8-16(10)4/h5-10H,1-4H3. The average Bonchev–Trinajstić information content (AvgIpc) is 2.34. The largest absolute Gasteiger partial charge is 0.432 e. The summed E-state index contributed by atoms with van der Waals surface area (Å²) in [6.07, 6.45) is 4.21. The molecular weight excluding hydrogens is 244 g/mol. The van der Waals surface area contributed by atoms with Crippen LogP contribution in [-0.4, -0.2) is 36.1 Å². The van der Waals surface area contributed by atoms with Gasteiger partial charge in [0, 0.05) is 21.1 Å². The molecule has 1 unspecified atom stereocenters. The molecule has 0 spiro atoms. The van der Waals surface area contributed by atoms with Crippen molar-refractivity contribution in [3.05, 3.63) is 35.5 Å². The summed E-state index contributed by atoms with van der Waals surface area (Å²) in [7, 11) is 5.82. The van der Waals surface area contributed by atoms with Crippen molar-refractivity contribution in [1.29, 1.82) is 0 Å². The second-order valence-electron chi connectivity index (χ2n) is 4.71. The highest BCUT2D eigenvalue weighted by Crippen LogP contribution is 2.31. The maximum absolute atomic E-state index is 5.64. The summed E-state index contributed by atoms with van der Waals surface area (Å²) in [5, 5.41) is 0.474. The minimum absolute atomic E-state index is 0.349. The van der Waals surface area contributed by atoms with E-state index in [4.69, 9.17) is 17.0 Å². The summed E-state index contributed by atoms with van der Waals surface area (Å²) < 4.78 is 5.64. The van der Waals surface area contributed by atoms with Crippen LogP contribution < -0.4 is 4.74 Å². The van der Waals surface area contributed by atoms with Crippen molar-refractivity contribution in [1.82, 2.24) is 9.80 Å². The highest BCUT2D eigenvalue weighted by molar-refractivity contribution is 7.80. The van der Waals surface area contributed by atoms with Crippen LogP contribution in [0.2, 0.25) is 0 Å². The van der Waals surface area contributed by atoms with Gasteiger partial charge in [0.25, 0.3) is 5.17 Å². The summed E-state index contributed by atoms with van der Waals surface area (Å²) in [4.78, 5) is 3.96. The first-order chi connectivity index (χ1) is 8.49. The molecule has 0 saturated carbocycles. The van der Waals surface area contributed by atoms with E-state index in [1.165, 1.54) is 11.1 Å². The summed E-state index contributed by atoms with van der Waals surface area (Å²) in [6, 6.07) is 6.44. The van der Waals surface area contributed by atoms with Crippen LogP contribution in [-0.2, 0) is 0 Å². The van der Waals surface area contributed by atoms with Crippen molar-refractivity contribution in [3.8, 4) is 5.75 Å². The Bertz CT molecular complexity index is 497. The molecule has 1 aromatic rings. The molecule has 0 amide bonds. The van der Waals surface area contributed by atoms with Crippen molar-refractivity contribution >= 4 is 23.5 Å². The number of rotatable bonds is 1. The van der Waals surface area contributed by atoms with E-state index in [0.717, 1.165) is 5.75 Å². The predicted octanol–water partition coefficient (Wildman–Crippen LogP) is 2.89. The predicted molar refractivity (Wildman–Crippen MR) is 78.6 cm³/mol. The zero-order chi connectivity index (χ0) is 13.3. The fraction of sp³-hybridized carbons (Fsp3) is 0.357. The maximum Gasteiger partial charge on any atom is 0.264 e. The van der Waals surface area contributed by atoms with Crippen LogP contribution in [0.1, 0.15) is 24.1 Å². The van der Waals surface area contributed by atoms with E-state index in [9.17, 15) is 0 Å². The molecule has 0 saturated heterocycles.